The number of nitrogens with zero attached hydrogens (tertiary/aromatic N) is 2. The van der Waals surface area contributed by atoms with Crippen molar-refractivity contribution in [3.8, 4) is 0 Å². The van der Waals surface area contributed by atoms with Crippen LogP contribution in [0, 0.1) is 13.8 Å². The van der Waals surface area contributed by atoms with Crippen LogP contribution in [-0.4, -0.2) is 15.7 Å². The molecule has 0 aliphatic carbocycles. The third-order valence-corrected chi connectivity index (χ3v) is 3.68. The van der Waals surface area contributed by atoms with Gasteiger partial charge < -0.3 is 4.42 Å². The first-order chi connectivity index (χ1) is 10.4. The van der Waals surface area contributed by atoms with Crippen molar-refractivity contribution in [2.45, 2.75) is 13.8 Å². The summed E-state index contributed by atoms with van der Waals surface area (Å²) in [7, 11) is 0. The quantitative estimate of drug-likeness (QED) is 0.637. The molecule has 112 valence electrons. The Morgan fingerprint density at radius 2 is 1.91 bits per heavy atom. The largest absolute Gasteiger partial charge is 0.421 e. The number of hydrogen-bond donors (Lipinski definition) is 0. The minimum absolute atomic E-state index is 0.128. The number of hydrogen-bond acceptors (Lipinski definition) is 4. The van der Waals surface area contributed by atoms with Gasteiger partial charge in [-0.3, -0.25) is 4.79 Å². The van der Waals surface area contributed by atoms with E-state index in [0.29, 0.717) is 21.8 Å². The van der Waals surface area contributed by atoms with Crippen molar-refractivity contribution >= 4 is 40.1 Å². The number of fused-ring (bicyclic) bond motifs is 1. The zero-order valence-electron chi connectivity index (χ0n) is 11.7. The summed E-state index contributed by atoms with van der Waals surface area (Å²) in [5, 5.41) is 5.15. The molecule has 7 heteroatoms. The summed E-state index contributed by atoms with van der Waals surface area (Å²) in [6.45, 7) is 3.49. The van der Waals surface area contributed by atoms with E-state index in [2.05, 4.69) is 5.10 Å². The predicted molar refractivity (Wildman–Crippen MR) is 83.9 cm³/mol. The van der Waals surface area contributed by atoms with Crippen LogP contribution in [0.25, 0.3) is 11.0 Å². The molecule has 1 aromatic carbocycles. The number of aryl methyl sites for hydroxylation is 2. The molecule has 0 radical (unpaired) electrons. The third-order valence-electron chi connectivity index (χ3n) is 3.18. The van der Waals surface area contributed by atoms with Gasteiger partial charge in [0.1, 0.15) is 5.56 Å². The molecule has 0 unspecified atom stereocenters. The van der Waals surface area contributed by atoms with Gasteiger partial charge in [-0.05, 0) is 38.1 Å². The van der Waals surface area contributed by atoms with Crippen molar-refractivity contribution in [2.75, 3.05) is 0 Å². The molecule has 2 aromatic heterocycles. The van der Waals surface area contributed by atoms with E-state index in [1.54, 1.807) is 26.0 Å². The molecule has 22 heavy (non-hydrogen) atoms. The van der Waals surface area contributed by atoms with E-state index in [4.69, 9.17) is 27.6 Å². The van der Waals surface area contributed by atoms with E-state index < -0.39 is 11.5 Å². The van der Waals surface area contributed by atoms with E-state index in [-0.39, 0.29) is 16.2 Å². The Kier molecular flexibility index (Phi) is 3.54. The Balaban J connectivity index is 2.23. The monoisotopic (exact) mass is 336 g/mol. The van der Waals surface area contributed by atoms with Crippen LogP contribution in [0.4, 0.5) is 0 Å². The molecule has 5 nitrogen and oxygen atoms in total. The summed E-state index contributed by atoms with van der Waals surface area (Å²) in [5.74, 6) is -0.558. The van der Waals surface area contributed by atoms with E-state index in [9.17, 15) is 9.59 Å². The fourth-order valence-electron chi connectivity index (χ4n) is 2.25. The van der Waals surface area contributed by atoms with Gasteiger partial charge in [-0.2, -0.15) is 5.10 Å². The fraction of sp³-hybridized carbons (Fsp3) is 0.133. The third kappa shape index (κ3) is 2.42. The number of carbonyl (C=O) groups excluding carboxylic acids is 1. The first-order valence-corrected chi connectivity index (χ1v) is 7.13. The lowest BCUT2D eigenvalue weighted by Gasteiger charge is -2.05. The van der Waals surface area contributed by atoms with Gasteiger partial charge in [-0.1, -0.05) is 23.2 Å². The zero-order chi connectivity index (χ0) is 16.0. The van der Waals surface area contributed by atoms with Crippen molar-refractivity contribution in [1.29, 1.82) is 0 Å². The first kappa shape index (κ1) is 14.8. The average molecular weight is 337 g/mol. The van der Waals surface area contributed by atoms with Gasteiger partial charge in [-0.15, -0.1) is 0 Å². The van der Waals surface area contributed by atoms with E-state index in [1.807, 2.05) is 0 Å². The lowest BCUT2D eigenvalue weighted by Crippen LogP contribution is -2.22. The molecule has 0 atom stereocenters. The maximum atomic E-state index is 12.5. The van der Waals surface area contributed by atoms with Gasteiger partial charge in [-0.25, -0.2) is 9.48 Å². The van der Waals surface area contributed by atoms with Crippen molar-refractivity contribution in [3.63, 3.8) is 0 Å². The average Bonchev–Trinajstić information content (AvgIpc) is 2.77. The summed E-state index contributed by atoms with van der Waals surface area (Å²) < 4.78 is 6.33. The molecule has 0 aliphatic heterocycles. The van der Waals surface area contributed by atoms with Crippen LogP contribution in [0.15, 0.2) is 33.5 Å². The number of carbonyl (C=O) groups is 1. The van der Waals surface area contributed by atoms with Crippen LogP contribution >= 0.6 is 23.2 Å². The summed E-state index contributed by atoms with van der Waals surface area (Å²) in [6, 6.07) is 6.20. The number of rotatable bonds is 1. The van der Waals surface area contributed by atoms with Crippen LogP contribution in [0.1, 0.15) is 21.7 Å². The Morgan fingerprint density at radius 1 is 1.18 bits per heavy atom. The fourth-order valence-corrected chi connectivity index (χ4v) is 2.80. The molecule has 3 aromatic rings. The van der Waals surface area contributed by atoms with Gasteiger partial charge in [0.15, 0.2) is 5.58 Å². The van der Waals surface area contributed by atoms with Gasteiger partial charge >= 0.3 is 5.63 Å². The van der Waals surface area contributed by atoms with Crippen LogP contribution in [0.2, 0.25) is 10.0 Å². The summed E-state index contributed by atoms with van der Waals surface area (Å²) in [6.07, 6.45) is 0. The summed E-state index contributed by atoms with van der Waals surface area (Å²) >= 11 is 11.9. The van der Waals surface area contributed by atoms with Crippen molar-refractivity contribution < 1.29 is 9.21 Å². The maximum Gasteiger partial charge on any atom is 0.349 e. The van der Waals surface area contributed by atoms with Gasteiger partial charge in [0, 0.05) is 16.1 Å². The first-order valence-electron chi connectivity index (χ1n) is 6.37. The highest BCUT2D eigenvalue weighted by Crippen LogP contribution is 2.27. The molecule has 0 saturated carbocycles. The zero-order valence-corrected chi connectivity index (χ0v) is 13.2. The highest BCUT2D eigenvalue weighted by Gasteiger charge is 2.19. The topological polar surface area (TPSA) is 65.1 Å². The van der Waals surface area contributed by atoms with Gasteiger partial charge in [0.25, 0.3) is 5.91 Å². The Hall–Kier alpha value is -2.11. The molecular weight excluding hydrogens is 327 g/mol. The number of benzene rings is 1. The number of aromatic nitrogens is 2. The molecule has 2 heterocycles. The highest BCUT2D eigenvalue weighted by molar-refractivity contribution is 6.38. The summed E-state index contributed by atoms with van der Waals surface area (Å²) in [5.41, 5.74) is 0.612. The van der Waals surface area contributed by atoms with E-state index in [0.717, 1.165) is 0 Å². The molecule has 0 amide bonds. The smallest absolute Gasteiger partial charge is 0.349 e. The minimum atomic E-state index is -0.769. The molecular formula is C15H10Cl2N2O3. The van der Waals surface area contributed by atoms with Gasteiger partial charge in [0.2, 0.25) is 0 Å². The second-order valence-electron chi connectivity index (χ2n) is 4.90. The normalized spacial score (nSPS) is 11.1. The lowest BCUT2D eigenvalue weighted by atomic mass is 10.2. The molecule has 0 aliphatic rings. The Bertz CT molecular complexity index is 973. The second kappa shape index (κ2) is 5.26. The van der Waals surface area contributed by atoms with E-state index in [1.165, 1.54) is 16.8 Å². The number of halogens is 2. The standard InChI is InChI=1S/C15H10Cl2N2O3/c1-7-3-8(2)19(18-7)14(20)11-5-9-4-10(16)6-12(17)13(9)22-15(11)21/h3-6H,1-2H3. The predicted octanol–water partition coefficient (Wildman–Crippen LogP) is 3.60. The molecule has 0 bridgehead atoms. The van der Waals surface area contributed by atoms with Crippen LogP contribution < -0.4 is 5.63 Å². The van der Waals surface area contributed by atoms with Crippen LogP contribution in [0.5, 0.6) is 0 Å². The molecule has 3 rings (SSSR count). The lowest BCUT2D eigenvalue weighted by molar-refractivity contribution is 0.0939. The van der Waals surface area contributed by atoms with E-state index >= 15 is 0 Å². The second-order valence-corrected chi connectivity index (χ2v) is 5.74. The molecule has 0 N–H and O–H groups in total. The van der Waals surface area contributed by atoms with Crippen molar-refractivity contribution in [2.24, 2.45) is 0 Å². The maximum absolute atomic E-state index is 12.5. The molecule has 0 fully saturated rings. The summed E-state index contributed by atoms with van der Waals surface area (Å²) in [4.78, 5) is 24.6. The van der Waals surface area contributed by atoms with Crippen molar-refractivity contribution in [3.05, 3.63) is 61.7 Å². The SMILES string of the molecule is Cc1cc(C)n(C(=O)c2cc3cc(Cl)cc(Cl)c3oc2=O)n1. The van der Waals surface area contributed by atoms with Gasteiger partial charge in [0.05, 0.1) is 10.7 Å². The highest BCUT2D eigenvalue weighted by atomic mass is 35.5. The van der Waals surface area contributed by atoms with Crippen molar-refractivity contribution in [1.82, 2.24) is 9.78 Å². The molecule has 0 spiro atoms. The minimum Gasteiger partial charge on any atom is -0.421 e. The Morgan fingerprint density at radius 3 is 2.55 bits per heavy atom. The van der Waals surface area contributed by atoms with Crippen LogP contribution in [0.3, 0.4) is 0 Å². The molecule has 0 saturated heterocycles. The Labute approximate surface area is 135 Å². The van der Waals surface area contributed by atoms with Crippen LogP contribution in [-0.2, 0) is 0 Å².